The van der Waals surface area contributed by atoms with E-state index in [4.69, 9.17) is 0 Å². The van der Waals surface area contributed by atoms with E-state index in [9.17, 15) is 4.79 Å². The maximum absolute atomic E-state index is 12.3. The van der Waals surface area contributed by atoms with Gasteiger partial charge in [-0.1, -0.05) is 13.8 Å². The Morgan fingerprint density at radius 1 is 1.20 bits per heavy atom. The molecule has 110 valence electrons. The van der Waals surface area contributed by atoms with E-state index in [-0.39, 0.29) is 5.91 Å². The summed E-state index contributed by atoms with van der Waals surface area (Å²) in [6.07, 6.45) is 3.53. The minimum Gasteiger partial charge on any atom is -0.385 e. The monoisotopic (exact) mass is 274 g/mol. The molecule has 1 amide bonds. The van der Waals surface area contributed by atoms with Gasteiger partial charge in [-0.3, -0.25) is 4.79 Å². The second-order valence-electron chi connectivity index (χ2n) is 6.08. The van der Waals surface area contributed by atoms with Crippen molar-refractivity contribution in [1.29, 1.82) is 0 Å². The van der Waals surface area contributed by atoms with Crippen molar-refractivity contribution < 1.29 is 4.79 Å². The SMILES string of the molecule is CCNc1ccc(C(=O)NC2CCC(C)CC2C)cc1. The molecular formula is C17H26N2O. The van der Waals surface area contributed by atoms with Crippen LogP contribution in [0.2, 0.25) is 0 Å². The molecule has 2 N–H and O–H groups in total. The third-order valence-corrected chi connectivity index (χ3v) is 4.28. The van der Waals surface area contributed by atoms with Crippen LogP contribution in [0.25, 0.3) is 0 Å². The molecule has 1 aromatic carbocycles. The third kappa shape index (κ3) is 3.75. The highest BCUT2D eigenvalue weighted by molar-refractivity contribution is 5.94. The first kappa shape index (κ1) is 14.9. The Balaban J connectivity index is 1.94. The highest BCUT2D eigenvalue weighted by Gasteiger charge is 2.26. The molecule has 20 heavy (non-hydrogen) atoms. The second kappa shape index (κ2) is 6.78. The summed E-state index contributed by atoms with van der Waals surface area (Å²) in [5, 5.41) is 6.43. The van der Waals surface area contributed by atoms with E-state index in [1.807, 2.05) is 24.3 Å². The third-order valence-electron chi connectivity index (χ3n) is 4.28. The van der Waals surface area contributed by atoms with Crippen molar-refractivity contribution in [3.63, 3.8) is 0 Å². The predicted molar refractivity (Wildman–Crippen MR) is 84.0 cm³/mol. The molecule has 0 aliphatic heterocycles. The predicted octanol–water partition coefficient (Wildman–Crippen LogP) is 3.67. The van der Waals surface area contributed by atoms with E-state index in [1.165, 1.54) is 12.8 Å². The van der Waals surface area contributed by atoms with Gasteiger partial charge in [0.05, 0.1) is 0 Å². The zero-order chi connectivity index (χ0) is 14.5. The lowest BCUT2D eigenvalue weighted by molar-refractivity contribution is 0.0899. The summed E-state index contributed by atoms with van der Waals surface area (Å²) >= 11 is 0. The van der Waals surface area contributed by atoms with Gasteiger partial charge < -0.3 is 10.6 Å². The van der Waals surface area contributed by atoms with Gasteiger partial charge in [-0.25, -0.2) is 0 Å². The molecule has 1 aromatic rings. The fraction of sp³-hybridized carbons (Fsp3) is 0.588. The number of carbonyl (C=O) groups is 1. The molecule has 1 aliphatic rings. The molecule has 3 nitrogen and oxygen atoms in total. The minimum atomic E-state index is 0.0550. The van der Waals surface area contributed by atoms with Crippen LogP contribution in [-0.2, 0) is 0 Å². The van der Waals surface area contributed by atoms with E-state index in [2.05, 4.69) is 31.4 Å². The molecule has 2 rings (SSSR count). The van der Waals surface area contributed by atoms with Crippen molar-refractivity contribution in [2.24, 2.45) is 11.8 Å². The first-order chi connectivity index (χ1) is 9.60. The molecule has 1 saturated carbocycles. The van der Waals surface area contributed by atoms with Crippen LogP contribution >= 0.6 is 0 Å². The number of nitrogens with one attached hydrogen (secondary N) is 2. The molecule has 0 bridgehead atoms. The van der Waals surface area contributed by atoms with Gasteiger partial charge in [-0.15, -0.1) is 0 Å². The van der Waals surface area contributed by atoms with Gasteiger partial charge in [0.25, 0.3) is 5.91 Å². The maximum Gasteiger partial charge on any atom is 0.251 e. The Morgan fingerprint density at radius 2 is 1.90 bits per heavy atom. The van der Waals surface area contributed by atoms with E-state index >= 15 is 0 Å². The molecule has 1 aliphatic carbocycles. The van der Waals surface area contributed by atoms with Gasteiger partial charge in [0, 0.05) is 23.8 Å². The van der Waals surface area contributed by atoms with Crippen molar-refractivity contribution in [3.05, 3.63) is 29.8 Å². The summed E-state index contributed by atoms with van der Waals surface area (Å²) < 4.78 is 0. The number of hydrogen-bond acceptors (Lipinski definition) is 2. The molecule has 3 heteroatoms. The number of carbonyl (C=O) groups excluding carboxylic acids is 1. The summed E-state index contributed by atoms with van der Waals surface area (Å²) in [4.78, 5) is 12.3. The van der Waals surface area contributed by atoms with E-state index in [0.29, 0.717) is 12.0 Å². The number of hydrogen-bond donors (Lipinski definition) is 2. The average molecular weight is 274 g/mol. The van der Waals surface area contributed by atoms with Crippen molar-refractivity contribution in [2.45, 2.75) is 46.1 Å². The number of rotatable bonds is 4. The molecule has 0 spiro atoms. The lowest BCUT2D eigenvalue weighted by Crippen LogP contribution is -2.42. The van der Waals surface area contributed by atoms with Crippen LogP contribution < -0.4 is 10.6 Å². The van der Waals surface area contributed by atoms with Crippen LogP contribution in [0.15, 0.2) is 24.3 Å². The zero-order valence-electron chi connectivity index (χ0n) is 12.8. The standard InChI is InChI=1S/C17H26N2O/c1-4-18-15-8-6-14(7-9-15)17(20)19-16-10-5-12(2)11-13(16)3/h6-9,12-13,16,18H,4-5,10-11H2,1-3H3,(H,19,20). The quantitative estimate of drug-likeness (QED) is 0.879. The Morgan fingerprint density at radius 3 is 2.50 bits per heavy atom. The Hall–Kier alpha value is -1.51. The van der Waals surface area contributed by atoms with Gasteiger partial charge in [0.2, 0.25) is 0 Å². The molecule has 0 saturated heterocycles. The fourth-order valence-electron chi connectivity index (χ4n) is 3.08. The van der Waals surface area contributed by atoms with Gasteiger partial charge in [-0.05, 0) is 62.3 Å². The van der Waals surface area contributed by atoms with Crippen LogP contribution in [0.3, 0.4) is 0 Å². The number of amides is 1. The normalized spacial score (nSPS) is 26.1. The van der Waals surface area contributed by atoms with Gasteiger partial charge in [0.15, 0.2) is 0 Å². The lowest BCUT2D eigenvalue weighted by atomic mass is 9.80. The summed E-state index contributed by atoms with van der Waals surface area (Å²) in [5.74, 6) is 1.42. The molecule has 3 unspecified atom stereocenters. The second-order valence-corrected chi connectivity index (χ2v) is 6.08. The van der Waals surface area contributed by atoms with Gasteiger partial charge in [-0.2, -0.15) is 0 Å². The Labute approximate surface area is 122 Å². The zero-order valence-corrected chi connectivity index (χ0v) is 12.8. The van der Waals surface area contributed by atoms with Crippen LogP contribution in [0.1, 0.15) is 50.4 Å². The van der Waals surface area contributed by atoms with Crippen LogP contribution in [0.4, 0.5) is 5.69 Å². The van der Waals surface area contributed by atoms with Crippen molar-refractivity contribution >= 4 is 11.6 Å². The topological polar surface area (TPSA) is 41.1 Å². The van der Waals surface area contributed by atoms with Crippen LogP contribution in [-0.4, -0.2) is 18.5 Å². The first-order valence-corrected chi connectivity index (χ1v) is 7.75. The van der Waals surface area contributed by atoms with E-state index in [1.54, 1.807) is 0 Å². The van der Waals surface area contributed by atoms with Crippen molar-refractivity contribution in [2.75, 3.05) is 11.9 Å². The molecular weight excluding hydrogens is 248 g/mol. The average Bonchev–Trinajstić information content (AvgIpc) is 2.43. The summed E-state index contributed by atoms with van der Waals surface area (Å²) in [6.45, 7) is 7.50. The number of anilines is 1. The highest BCUT2D eigenvalue weighted by Crippen LogP contribution is 2.28. The largest absolute Gasteiger partial charge is 0.385 e. The van der Waals surface area contributed by atoms with E-state index in [0.717, 1.165) is 30.1 Å². The molecule has 3 atom stereocenters. The summed E-state index contributed by atoms with van der Waals surface area (Å²) in [5.41, 5.74) is 1.81. The smallest absolute Gasteiger partial charge is 0.251 e. The number of benzene rings is 1. The highest BCUT2D eigenvalue weighted by atomic mass is 16.1. The molecule has 1 fully saturated rings. The van der Waals surface area contributed by atoms with Crippen LogP contribution in [0, 0.1) is 11.8 Å². The maximum atomic E-state index is 12.3. The minimum absolute atomic E-state index is 0.0550. The van der Waals surface area contributed by atoms with E-state index < -0.39 is 0 Å². The molecule has 0 aromatic heterocycles. The molecule has 0 radical (unpaired) electrons. The Kier molecular flexibility index (Phi) is 5.05. The lowest BCUT2D eigenvalue weighted by Gasteiger charge is -2.33. The van der Waals surface area contributed by atoms with Gasteiger partial charge in [0.1, 0.15) is 0 Å². The van der Waals surface area contributed by atoms with Crippen molar-refractivity contribution in [3.8, 4) is 0 Å². The fourth-order valence-corrected chi connectivity index (χ4v) is 3.08. The summed E-state index contributed by atoms with van der Waals surface area (Å²) in [7, 11) is 0. The van der Waals surface area contributed by atoms with Crippen molar-refractivity contribution in [1.82, 2.24) is 5.32 Å². The summed E-state index contributed by atoms with van der Waals surface area (Å²) in [6, 6.07) is 8.04. The first-order valence-electron chi connectivity index (χ1n) is 7.75. The van der Waals surface area contributed by atoms with Gasteiger partial charge >= 0.3 is 0 Å². The Bertz CT molecular complexity index is 441. The molecule has 0 heterocycles. The van der Waals surface area contributed by atoms with Crippen LogP contribution in [0.5, 0.6) is 0 Å².